The SMILES string of the molecule is COc1ccc(C(=O)O[C@@H]2C=Cc3ccccc3[C@@H]2NC(C)=O)cc1. The Morgan fingerprint density at radius 2 is 1.76 bits per heavy atom. The van der Waals surface area contributed by atoms with Crippen molar-refractivity contribution in [2.24, 2.45) is 0 Å². The summed E-state index contributed by atoms with van der Waals surface area (Å²) >= 11 is 0. The quantitative estimate of drug-likeness (QED) is 0.871. The highest BCUT2D eigenvalue weighted by Gasteiger charge is 2.30. The summed E-state index contributed by atoms with van der Waals surface area (Å²) in [7, 11) is 1.57. The first-order valence-electron chi connectivity index (χ1n) is 7.98. The number of hydrogen-bond acceptors (Lipinski definition) is 4. The summed E-state index contributed by atoms with van der Waals surface area (Å²) < 4.78 is 10.7. The molecule has 2 atom stereocenters. The molecule has 0 bridgehead atoms. The Bertz CT molecular complexity index is 811. The Labute approximate surface area is 146 Å². The Hall–Kier alpha value is -3.08. The van der Waals surface area contributed by atoms with Gasteiger partial charge in [0.2, 0.25) is 5.91 Å². The molecule has 1 aliphatic carbocycles. The van der Waals surface area contributed by atoms with E-state index in [-0.39, 0.29) is 5.91 Å². The predicted molar refractivity (Wildman–Crippen MR) is 94.2 cm³/mol. The molecule has 0 aliphatic heterocycles. The van der Waals surface area contributed by atoms with Crippen LogP contribution in [-0.2, 0) is 9.53 Å². The zero-order valence-electron chi connectivity index (χ0n) is 14.1. The summed E-state index contributed by atoms with van der Waals surface area (Å²) in [6.45, 7) is 1.45. The number of fused-ring (bicyclic) bond motifs is 1. The molecule has 0 saturated heterocycles. The molecule has 2 aromatic carbocycles. The molecule has 1 aliphatic rings. The van der Waals surface area contributed by atoms with Gasteiger partial charge in [0, 0.05) is 6.92 Å². The van der Waals surface area contributed by atoms with Gasteiger partial charge in [-0.1, -0.05) is 30.3 Å². The van der Waals surface area contributed by atoms with Crippen molar-refractivity contribution in [1.82, 2.24) is 5.32 Å². The molecule has 5 heteroatoms. The van der Waals surface area contributed by atoms with Gasteiger partial charge in [-0.2, -0.15) is 0 Å². The fourth-order valence-electron chi connectivity index (χ4n) is 2.84. The minimum atomic E-state index is -0.576. The minimum absolute atomic E-state index is 0.180. The van der Waals surface area contributed by atoms with Gasteiger partial charge in [0.25, 0.3) is 0 Å². The standard InChI is InChI=1S/C20H19NO4/c1-13(22)21-19-17-6-4-3-5-14(17)9-12-18(19)25-20(23)15-7-10-16(24-2)11-8-15/h3-12,18-19H,1-2H3,(H,21,22)/t18-,19+/m1/s1. The molecule has 1 amide bonds. The molecule has 128 valence electrons. The second-order valence-electron chi connectivity index (χ2n) is 5.76. The number of carbonyl (C=O) groups is 2. The van der Waals surface area contributed by atoms with E-state index in [2.05, 4.69) is 5.32 Å². The highest BCUT2D eigenvalue weighted by Crippen LogP contribution is 2.30. The number of carbonyl (C=O) groups excluding carboxylic acids is 2. The Morgan fingerprint density at radius 1 is 1.04 bits per heavy atom. The highest BCUT2D eigenvalue weighted by molar-refractivity contribution is 5.90. The van der Waals surface area contributed by atoms with Gasteiger partial charge in [-0.3, -0.25) is 4.79 Å². The molecule has 5 nitrogen and oxygen atoms in total. The van der Waals surface area contributed by atoms with Crippen LogP contribution in [0.4, 0.5) is 0 Å². The molecule has 0 radical (unpaired) electrons. The zero-order chi connectivity index (χ0) is 17.8. The lowest BCUT2D eigenvalue weighted by atomic mass is 9.90. The molecule has 2 aromatic rings. The van der Waals surface area contributed by atoms with E-state index >= 15 is 0 Å². The van der Waals surface area contributed by atoms with Crippen LogP contribution in [0.1, 0.15) is 34.5 Å². The molecule has 0 fully saturated rings. The number of amides is 1. The first-order valence-corrected chi connectivity index (χ1v) is 7.98. The van der Waals surface area contributed by atoms with Gasteiger partial charge in [-0.25, -0.2) is 4.79 Å². The third-order valence-electron chi connectivity index (χ3n) is 4.05. The zero-order valence-corrected chi connectivity index (χ0v) is 14.1. The summed E-state index contributed by atoms with van der Waals surface area (Å²) in [5, 5.41) is 2.88. The molecule has 25 heavy (non-hydrogen) atoms. The number of ether oxygens (including phenoxy) is 2. The van der Waals surface area contributed by atoms with Crippen LogP contribution in [0.25, 0.3) is 6.08 Å². The van der Waals surface area contributed by atoms with E-state index in [9.17, 15) is 9.59 Å². The molecule has 0 spiro atoms. The van der Waals surface area contributed by atoms with Crippen LogP contribution < -0.4 is 10.1 Å². The van der Waals surface area contributed by atoms with E-state index in [0.717, 1.165) is 11.1 Å². The minimum Gasteiger partial charge on any atom is -0.497 e. The van der Waals surface area contributed by atoms with Gasteiger partial charge in [0.05, 0.1) is 18.7 Å². The Morgan fingerprint density at radius 3 is 2.44 bits per heavy atom. The van der Waals surface area contributed by atoms with Gasteiger partial charge in [-0.15, -0.1) is 0 Å². The van der Waals surface area contributed by atoms with Crippen LogP contribution in [0.15, 0.2) is 54.6 Å². The van der Waals surface area contributed by atoms with E-state index in [0.29, 0.717) is 11.3 Å². The van der Waals surface area contributed by atoms with E-state index in [1.165, 1.54) is 6.92 Å². The third kappa shape index (κ3) is 3.71. The molecular weight excluding hydrogens is 318 g/mol. The van der Waals surface area contributed by atoms with Crippen molar-refractivity contribution in [3.63, 3.8) is 0 Å². The van der Waals surface area contributed by atoms with E-state index in [1.54, 1.807) is 37.5 Å². The average Bonchev–Trinajstić information content (AvgIpc) is 2.63. The van der Waals surface area contributed by atoms with Crippen molar-refractivity contribution in [1.29, 1.82) is 0 Å². The predicted octanol–water partition coefficient (Wildman–Crippen LogP) is 3.12. The maximum atomic E-state index is 12.4. The fraction of sp³-hybridized carbons (Fsp3) is 0.200. The number of hydrogen-bond donors (Lipinski definition) is 1. The Balaban J connectivity index is 1.82. The highest BCUT2D eigenvalue weighted by atomic mass is 16.5. The van der Waals surface area contributed by atoms with Gasteiger partial charge >= 0.3 is 5.97 Å². The van der Waals surface area contributed by atoms with Crippen LogP contribution in [0, 0.1) is 0 Å². The Kier molecular flexibility index (Phi) is 4.84. The lowest BCUT2D eigenvalue weighted by molar-refractivity contribution is -0.120. The van der Waals surface area contributed by atoms with Crippen LogP contribution >= 0.6 is 0 Å². The summed E-state index contributed by atoms with van der Waals surface area (Å²) in [4.78, 5) is 24.1. The average molecular weight is 337 g/mol. The summed E-state index contributed by atoms with van der Waals surface area (Å²) in [5.41, 5.74) is 2.35. The first kappa shape index (κ1) is 16.8. The van der Waals surface area contributed by atoms with E-state index in [1.807, 2.05) is 30.3 Å². The number of methoxy groups -OCH3 is 1. The van der Waals surface area contributed by atoms with Crippen LogP contribution in [0.5, 0.6) is 5.75 Å². The van der Waals surface area contributed by atoms with Crippen molar-refractivity contribution in [3.05, 3.63) is 71.3 Å². The molecule has 0 heterocycles. The maximum absolute atomic E-state index is 12.4. The number of esters is 1. The van der Waals surface area contributed by atoms with Gasteiger partial charge in [0.15, 0.2) is 0 Å². The molecule has 0 unspecified atom stereocenters. The molecular formula is C20H19NO4. The van der Waals surface area contributed by atoms with Crippen molar-refractivity contribution >= 4 is 18.0 Å². The van der Waals surface area contributed by atoms with Crippen LogP contribution in [0.2, 0.25) is 0 Å². The van der Waals surface area contributed by atoms with E-state index in [4.69, 9.17) is 9.47 Å². The smallest absolute Gasteiger partial charge is 0.338 e. The van der Waals surface area contributed by atoms with Gasteiger partial charge in [-0.05, 0) is 41.5 Å². The monoisotopic (exact) mass is 337 g/mol. The molecule has 0 saturated carbocycles. The van der Waals surface area contributed by atoms with Crippen LogP contribution in [0.3, 0.4) is 0 Å². The van der Waals surface area contributed by atoms with Gasteiger partial charge in [0.1, 0.15) is 11.9 Å². The fourth-order valence-corrected chi connectivity index (χ4v) is 2.84. The number of rotatable bonds is 4. The second kappa shape index (κ2) is 7.21. The van der Waals surface area contributed by atoms with Crippen molar-refractivity contribution in [2.45, 2.75) is 19.1 Å². The van der Waals surface area contributed by atoms with Crippen molar-refractivity contribution in [3.8, 4) is 5.75 Å². The normalized spacial score (nSPS) is 18.2. The summed E-state index contributed by atoms with van der Waals surface area (Å²) in [6, 6.07) is 14.0. The molecule has 3 rings (SSSR count). The summed E-state index contributed by atoms with van der Waals surface area (Å²) in [6.07, 6.45) is 3.12. The molecule has 1 N–H and O–H groups in total. The lowest BCUT2D eigenvalue weighted by Crippen LogP contribution is -2.38. The topological polar surface area (TPSA) is 64.6 Å². The maximum Gasteiger partial charge on any atom is 0.338 e. The summed E-state index contributed by atoms with van der Waals surface area (Å²) in [5.74, 6) is 0.0341. The number of nitrogens with one attached hydrogen (secondary N) is 1. The first-order chi connectivity index (χ1) is 12.1. The lowest BCUT2D eigenvalue weighted by Gasteiger charge is -2.30. The van der Waals surface area contributed by atoms with E-state index < -0.39 is 18.1 Å². The van der Waals surface area contributed by atoms with Gasteiger partial charge < -0.3 is 14.8 Å². The largest absolute Gasteiger partial charge is 0.497 e. The van der Waals surface area contributed by atoms with Crippen LogP contribution in [-0.4, -0.2) is 25.1 Å². The second-order valence-corrected chi connectivity index (χ2v) is 5.76. The number of benzene rings is 2. The third-order valence-corrected chi connectivity index (χ3v) is 4.05. The van der Waals surface area contributed by atoms with Crippen molar-refractivity contribution < 1.29 is 19.1 Å². The van der Waals surface area contributed by atoms with Crippen molar-refractivity contribution in [2.75, 3.05) is 7.11 Å². The molecule has 0 aromatic heterocycles.